The molecule has 1 saturated heterocycles. The van der Waals surface area contributed by atoms with Gasteiger partial charge in [0.15, 0.2) is 0 Å². The van der Waals surface area contributed by atoms with E-state index in [4.69, 9.17) is 0 Å². The Morgan fingerprint density at radius 3 is 2.46 bits per heavy atom. The van der Waals surface area contributed by atoms with E-state index >= 15 is 0 Å². The minimum absolute atomic E-state index is 0.459. The number of hydrogen-bond acceptors (Lipinski definition) is 1. The number of rotatable bonds is 1. The molecule has 13 heavy (non-hydrogen) atoms. The van der Waals surface area contributed by atoms with Crippen LogP contribution in [0.5, 0.6) is 0 Å². The van der Waals surface area contributed by atoms with Crippen molar-refractivity contribution >= 4 is 0 Å². The smallest absolute Gasteiger partial charge is 0.0326 e. The summed E-state index contributed by atoms with van der Waals surface area (Å²) in [5, 5.41) is 3.56. The molecule has 1 fully saturated rings. The van der Waals surface area contributed by atoms with Gasteiger partial charge in [0.25, 0.3) is 0 Å². The van der Waals surface area contributed by atoms with E-state index in [0.29, 0.717) is 11.5 Å². The lowest BCUT2D eigenvalue weighted by atomic mass is 9.89. The maximum absolute atomic E-state index is 3.56. The van der Waals surface area contributed by atoms with Crippen LogP contribution in [0.4, 0.5) is 0 Å². The van der Waals surface area contributed by atoms with Gasteiger partial charge in [-0.3, -0.25) is 0 Å². The lowest BCUT2D eigenvalue weighted by Gasteiger charge is -2.15. The summed E-state index contributed by atoms with van der Waals surface area (Å²) in [7, 11) is 0. The van der Waals surface area contributed by atoms with Gasteiger partial charge in [-0.2, -0.15) is 0 Å². The summed E-state index contributed by atoms with van der Waals surface area (Å²) in [5.41, 5.74) is 1.88. The third kappa shape index (κ3) is 1.92. The molecule has 0 spiro atoms. The van der Waals surface area contributed by atoms with E-state index in [2.05, 4.69) is 49.5 Å². The predicted molar refractivity (Wildman–Crippen MR) is 55.6 cm³/mol. The molecule has 0 aromatic heterocycles. The summed E-state index contributed by atoms with van der Waals surface area (Å²) in [6.45, 7) is 5.78. The fourth-order valence-corrected chi connectivity index (χ4v) is 2.02. The summed E-state index contributed by atoms with van der Waals surface area (Å²) in [6, 6.07) is 11.3. The largest absolute Gasteiger partial charge is 0.309 e. The second kappa shape index (κ2) is 3.15. The van der Waals surface area contributed by atoms with Crippen LogP contribution in [-0.4, -0.2) is 6.54 Å². The van der Waals surface area contributed by atoms with Crippen molar-refractivity contribution in [2.45, 2.75) is 26.3 Å². The molecule has 0 radical (unpaired) electrons. The van der Waals surface area contributed by atoms with Gasteiger partial charge < -0.3 is 5.32 Å². The molecule has 70 valence electrons. The van der Waals surface area contributed by atoms with Crippen molar-refractivity contribution in [3.63, 3.8) is 0 Å². The van der Waals surface area contributed by atoms with Crippen LogP contribution in [0.1, 0.15) is 31.9 Å². The molecule has 0 saturated carbocycles. The van der Waals surface area contributed by atoms with Crippen LogP contribution in [0, 0.1) is 5.41 Å². The first-order valence-electron chi connectivity index (χ1n) is 4.96. The third-order valence-electron chi connectivity index (χ3n) is 2.79. The zero-order chi connectivity index (χ0) is 9.31. The molecule has 0 unspecified atom stereocenters. The molecule has 1 aromatic carbocycles. The standard InChI is InChI=1S/C12H17N/c1-12(2)8-11(13-9-12)10-6-4-3-5-7-10/h3-7,11,13H,8-9H2,1-2H3/t11-/m0/s1. The molecule has 1 heterocycles. The molecular weight excluding hydrogens is 158 g/mol. The summed E-state index contributed by atoms with van der Waals surface area (Å²) in [6.07, 6.45) is 1.25. The van der Waals surface area contributed by atoms with E-state index in [1.54, 1.807) is 0 Å². The minimum Gasteiger partial charge on any atom is -0.309 e. The van der Waals surface area contributed by atoms with Crippen LogP contribution < -0.4 is 5.32 Å². The Bertz CT molecular complexity index is 276. The van der Waals surface area contributed by atoms with E-state index in [1.807, 2.05) is 0 Å². The van der Waals surface area contributed by atoms with E-state index in [1.165, 1.54) is 12.0 Å². The highest BCUT2D eigenvalue weighted by Gasteiger charge is 2.30. The topological polar surface area (TPSA) is 12.0 Å². The van der Waals surface area contributed by atoms with Crippen molar-refractivity contribution in [2.75, 3.05) is 6.54 Å². The zero-order valence-corrected chi connectivity index (χ0v) is 8.38. The summed E-state index contributed by atoms with van der Waals surface area (Å²) >= 11 is 0. The maximum atomic E-state index is 3.56. The second-order valence-electron chi connectivity index (χ2n) is 4.71. The van der Waals surface area contributed by atoms with E-state index in [-0.39, 0.29) is 0 Å². The van der Waals surface area contributed by atoms with Crippen LogP contribution in [0.25, 0.3) is 0 Å². The Hall–Kier alpha value is -0.820. The fraction of sp³-hybridized carbons (Fsp3) is 0.500. The average molecular weight is 175 g/mol. The van der Waals surface area contributed by atoms with Gasteiger partial charge in [0.1, 0.15) is 0 Å². The zero-order valence-electron chi connectivity index (χ0n) is 8.38. The molecule has 0 bridgehead atoms. The van der Waals surface area contributed by atoms with Gasteiger partial charge >= 0.3 is 0 Å². The van der Waals surface area contributed by atoms with E-state index < -0.39 is 0 Å². The van der Waals surface area contributed by atoms with E-state index in [9.17, 15) is 0 Å². The normalized spacial score (nSPS) is 26.2. The van der Waals surface area contributed by atoms with Crippen LogP contribution in [0.3, 0.4) is 0 Å². The Morgan fingerprint density at radius 2 is 1.92 bits per heavy atom. The Balaban J connectivity index is 2.13. The Morgan fingerprint density at radius 1 is 1.23 bits per heavy atom. The molecule has 1 aliphatic heterocycles. The first-order valence-corrected chi connectivity index (χ1v) is 4.96. The van der Waals surface area contributed by atoms with Gasteiger partial charge in [0, 0.05) is 12.6 Å². The van der Waals surface area contributed by atoms with Gasteiger partial charge in [-0.15, -0.1) is 0 Å². The first-order chi connectivity index (χ1) is 6.17. The fourth-order valence-electron chi connectivity index (χ4n) is 2.02. The first kappa shape index (κ1) is 8.76. The SMILES string of the molecule is CC1(C)CN[C@H](c2ccccc2)C1. The monoisotopic (exact) mass is 175 g/mol. The van der Waals surface area contributed by atoms with Crippen molar-refractivity contribution < 1.29 is 0 Å². The Labute approximate surface area is 80.2 Å². The maximum Gasteiger partial charge on any atom is 0.0326 e. The molecule has 1 aromatic rings. The molecule has 0 amide bonds. The van der Waals surface area contributed by atoms with Crippen molar-refractivity contribution in [1.29, 1.82) is 0 Å². The molecule has 1 heteroatoms. The average Bonchev–Trinajstić information content (AvgIpc) is 2.48. The Kier molecular flexibility index (Phi) is 2.12. The lowest BCUT2D eigenvalue weighted by Crippen LogP contribution is -2.16. The number of hydrogen-bond donors (Lipinski definition) is 1. The number of nitrogens with one attached hydrogen (secondary N) is 1. The molecule has 1 atom stereocenters. The molecule has 1 aliphatic rings. The molecular formula is C12H17N. The van der Waals surface area contributed by atoms with Crippen LogP contribution >= 0.6 is 0 Å². The quantitative estimate of drug-likeness (QED) is 0.692. The van der Waals surface area contributed by atoms with Crippen LogP contribution in [0.2, 0.25) is 0 Å². The van der Waals surface area contributed by atoms with Gasteiger partial charge in [-0.1, -0.05) is 44.2 Å². The highest BCUT2D eigenvalue weighted by atomic mass is 15.0. The van der Waals surface area contributed by atoms with Crippen LogP contribution in [0.15, 0.2) is 30.3 Å². The summed E-state index contributed by atoms with van der Waals surface area (Å²) < 4.78 is 0. The van der Waals surface area contributed by atoms with Crippen LogP contribution in [-0.2, 0) is 0 Å². The second-order valence-corrected chi connectivity index (χ2v) is 4.71. The lowest BCUT2D eigenvalue weighted by molar-refractivity contribution is 0.403. The predicted octanol–water partition coefficient (Wildman–Crippen LogP) is 2.75. The molecule has 0 aliphatic carbocycles. The highest BCUT2D eigenvalue weighted by Crippen LogP contribution is 2.35. The van der Waals surface area contributed by atoms with Crippen molar-refractivity contribution in [1.82, 2.24) is 5.32 Å². The highest BCUT2D eigenvalue weighted by molar-refractivity contribution is 5.20. The molecule has 1 N–H and O–H groups in total. The van der Waals surface area contributed by atoms with Gasteiger partial charge in [-0.25, -0.2) is 0 Å². The van der Waals surface area contributed by atoms with Gasteiger partial charge in [-0.05, 0) is 17.4 Å². The molecule has 2 rings (SSSR count). The van der Waals surface area contributed by atoms with Crippen molar-refractivity contribution in [3.8, 4) is 0 Å². The van der Waals surface area contributed by atoms with E-state index in [0.717, 1.165) is 6.54 Å². The van der Waals surface area contributed by atoms with Gasteiger partial charge in [0.2, 0.25) is 0 Å². The third-order valence-corrected chi connectivity index (χ3v) is 2.79. The van der Waals surface area contributed by atoms with Gasteiger partial charge in [0.05, 0.1) is 0 Å². The number of benzene rings is 1. The minimum atomic E-state index is 0.459. The molecule has 1 nitrogen and oxygen atoms in total. The summed E-state index contributed by atoms with van der Waals surface area (Å²) in [5.74, 6) is 0. The van der Waals surface area contributed by atoms with Crippen molar-refractivity contribution in [2.24, 2.45) is 5.41 Å². The van der Waals surface area contributed by atoms with Crippen molar-refractivity contribution in [3.05, 3.63) is 35.9 Å². The summed E-state index contributed by atoms with van der Waals surface area (Å²) in [4.78, 5) is 0.